The zero-order valence-electron chi connectivity index (χ0n) is 13.3. The number of amides is 1. The molecule has 7 nitrogen and oxygen atoms in total. The zero-order chi connectivity index (χ0) is 16.5. The number of carbonyl (C=O) groups excluding carboxylic acids is 1. The Kier molecular flexibility index (Phi) is 3.89. The fraction of sp³-hybridized carbons (Fsp3) is 0.375. The van der Waals surface area contributed by atoms with Crippen LogP contribution < -0.4 is 10.2 Å². The monoisotopic (exact) mass is 342 g/mol. The predicted octanol–water partition coefficient (Wildman–Crippen LogP) is 2.44. The van der Waals surface area contributed by atoms with E-state index in [1.807, 2.05) is 5.38 Å². The number of carbonyl (C=O) groups is 1. The first-order chi connectivity index (χ1) is 11.7. The molecule has 0 aliphatic carbocycles. The van der Waals surface area contributed by atoms with Crippen molar-refractivity contribution in [2.45, 2.75) is 19.8 Å². The Morgan fingerprint density at radius 1 is 1.50 bits per heavy atom. The number of hydrogen-bond donors (Lipinski definition) is 2. The van der Waals surface area contributed by atoms with Gasteiger partial charge in [-0.05, 0) is 17.9 Å². The van der Waals surface area contributed by atoms with Crippen LogP contribution in [0.2, 0.25) is 0 Å². The Hall–Kier alpha value is -2.48. The molecule has 24 heavy (non-hydrogen) atoms. The number of nitrogens with one attached hydrogen (secondary N) is 2. The van der Waals surface area contributed by atoms with Gasteiger partial charge in [-0.15, -0.1) is 11.3 Å². The van der Waals surface area contributed by atoms with Crippen LogP contribution in [0.3, 0.4) is 0 Å². The van der Waals surface area contributed by atoms with Crippen LogP contribution in [0.5, 0.6) is 0 Å². The third-order valence-corrected chi connectivity index (χ3v) is 5.10. The number of H-pyrrole nitrogens is 1. The molecular formula is C16H18N6OS. The van der Waals surface area contributed by atoms with Gasteiger partial charge >= 0.3 is 0 Å². The van der Waals surface area contributed by atoms with Crippen LogP contribution >= 0.6 is 11.3 Å². The Morgan fingerprint density at radius 3 is 3.21 bits per heavy atom. The molecule has 0 spiro atoms. The molecule has 1 aliphatic rings. The van der Waals surface area contributed by atoms with E-state index in [2.05, 4.69) is 38.4 Å². The Bertz CT molecular complexity index is 859. The summed E-state index contributed by atoms with van der Waals surface area (Å²) in [7, 11) is 0. The van der Waals surface area contributed by atoms with Gasteiger partial charge in [0.25, 0.3) is 0 Å². The smallest absolute Gasteiger partial charge is 0.229 e. The molecule has 0 bridgehead atoms. The van der Waals surface area contributed by atoms with Gasteiger partial charge in [-0.1, -0.05) is 6.92 Å². The van der Waals surface area contributed by atoms with Crippen LogP contribution in [-0.2, 0) is 11.2 Å². The maximum atomic E-state index is 12.4. The minimum atomic E-state index is -0.0476. The summed E-state index contributed by atoms with van der Waals surface area (Å²) in [6, 6.07) is 2.06. The number of thiophene rings is 1. The van der Waals surface area contributed by atoms with Crippen molar-refractivity contribution in [2.24, 2.45) is 5.92 Å². The molecule has 1 atom stereocenters. The first-order valence-electron chi connectivity index (χ1n) is 8.03. The molecule has 3 aromatic heterocycles. The van der Waals surface area contributed by atoms with E-state index in [1.54, 1.807) is 23.7 Å². The Morgan fingerprint density at radius 2 is 2.42 bits per heavy atom. The van der Waals surface area contributed by atoms with Crippen LogP contribution in [-0.4, -0.2) is 39.2 Å². The van der Waals surface area contributed by atoms with E-state index in [9.17, 15) is 4.79 Å². The molecule has 2 N–H and O–H groups in total. The van der Waals surface area contributed by atoms with Gasteiger partial charge < -0.3 is 10.2 Å². The average Bonchev–Trinajstić information content (AvgIpc) is 3.34. The number of nitrogens with zero attached hydrogens (tertiary/aromatic N) is 4. The summed E-state index contributed by atoms with van der Waals surface area (Å²) in [5, 5.41) is 12.6. The topological polar surface area (TPSA) is 86.8 Å². The van der Waals surface area contributed by atoms with Crippen molar-refractivity contribution in [1.29, 1.82) is 0 Å². The second-order valence-corrected chi connectivity index (χ2v) is 6.76. The molecule has 8 heteroatoms. The highest BCUT2D eigenvalue weighted by Gasteiger charge is 2.30. The van der Waals surface area contributed by atoms with Crippen molar-refractivity contribution in [3.05, 3.63) is 29.7 Å². The lowest BCUT2D eigenvalue weighted by Gasteiger charge is -2.19. The van der Waals surface area contributed by atoms with E-state index in [4.69, 9.17) is 4.98 Å². The standard InChI is InChI=1S/C16H18N6OS/c1-2-13-20-14(12-4-6-24-16(12)21-13)22-5-3-10(9-22)15(23)19-11-7-17-18-8-11/h4,6-8,10H,2-3,5,9H2,1H3,(H,17,18)(H,19,23). The van der Waals surface area contributed by atoms with Crippen LogP contribution in [0.25, 0.3) is 10.2 Å². The molecule has 1 aliphatic heterocycles. The fourth-order valence-corrected chi connectivity index (χ4v) is 3.79. The van der Waals surface area contributed by atoms with Crippen LogP contribution in [0.15, 0.2) is 23.8 Å². The first kappa shape index (κ1) is 15.1. The zero-order valence-corrected chi connectivity index (χ0v) is 14.1. The van der Waals surface area contributed by atoms with Crippen molar-refractivity contribution < 1.29 is 4.79 Å². The molecule has 124 valence electrons. The molecule has 3 aromatic rings. The fourth-order valence-electron chi connectivity index (χ4n) is 3.01. The third-order valence-electron chi connectivity index (χ3n) is 4.29. The SMILES string of the molecule is CCc1nc(N2CCC(C(=O)Nc3cn[nH]c3)C2)c2ccsc2n1. The van der Waals surface area contributed by atoms with E-state index in [0.717, 1.165) is 41.2 Å². The highest BCUT2D eigenvalue weighted by atomic mass is 32.1. The third kappa shape index (κ3) is 2.73. The van der Waals surface area contributed by atoms with Gasteiger partial charge in [0, 0.05) is 25.7 Å². The van der Waals surface area contributed by atoms with Crippen LogP contribution in [0, 0.1) is 5.92 Å². The number of fused-ring (bicyclic) bond motifs is 1. The van der Waals surface area contributed by atoms with Gasteiger partial charge in [0.15, 0.2) is 0 Å². The second kappa shape index (κ2) is 6.20. The molecule has 1 fully saturated rings. The largest absolute Gasteiger partial charge is 0.355 e. The van der Waals surface area contributed by atoms with Crippen LogP contribution in [0.1, 0.15) is 19.2 Å². The molecule has 0 aromatic carbocycles. The summed E-state index contributed by atoms with van der Waals surface area (Å²) in [6.07, 6.45) is 4.91. The van der Waals surface area contributed by atoms with Crippen LogP contribution in [0.4, 0.5) is 11.5 Å². The Labute approximate surface area is 143 Å². The van der Waals surface area contributed by atoms with Crippen molar-refractivity contribution >= 4 is 39.0 Å². The normalized spacial score (nSPS) is 17.5. The molecule has 4 heterocycles. The highest BCUT2D eigenvalue weighted by molar-refractivity contribution is 7.16. The lowest BCUT2D eigenvalue weighted by atomic mass is 10.1. The van der Waals surface area contributed by atoms with E-state index in [1.165, 1.54) is 0 Å². The summed E-state index contributed by atoms with van der Waals surface area (Å²) in [6.45, 7) is 3.56. The molecule has 0 saturated carbocycles. The van der Waals surface area contributed by atoms with Gasteiger partial charge in [0.1, 0.15) is 16.5 Å². The molecule has 0 radical (unpaired) electrons. The first-order valence-corrected chi connectivity index (χ1v) is 8.91. The quantitative estimate of drug-likeness (QED) is 0.760. The minimum absolute atomic E-state index is 0.0326. The van der Waals surface area contributed by atoms with Gasteiger partial charge in [-0.3, -0.25) is 9.89 Å². The maximum Gasteiger partial charge on any atom is 0.229 e. The molecule has 1 amide bonds. The van der Waals surface area contributed by atoms with E-state index < -0.39 is 0 Å². The van der Waals surface area contributed by atoms with Gasteiger partial charge in [-0.25, -0.2) is 9.97 Å². The summed E-state index contributed by atoms with van der Waals surface area (Å²) >= 11 is 1.63. The molecule has 1 saturated heterocycles. The number of rotatable bonds is 4. The average molecular weight is 342 g/mol. The predicted molar refractivity (Wildman–Crippen MR) is 94.3 cm³/mol. The van der Waals surface area contributed by atoms with E-state index in [0.29, 0.717) is 12.2 Å². The van der Waals surface area contributed by atoms with Crippen molar-refractivity contribution in [3.8, 4) is 0 Å². The van der Waals surface area contributed by atoms with Crippen molar-refractivity contribution in [2.75, 3.05) is 23.3 Å². The molecular weight excluding hydrogens is 324 g/mol. The summed E-state index contributed by atoms with van der Waals surface area (Å²) in [5.74, 6) is 1.79. The minimum Gasteiger partial charge on any atom is -0.355 e. The number of aryl methyl sites for hydroxylation is 1. The van der Waals surface area contributed by atoms with Gasteiger partial charge in [-0.2, -0.15) is 5.10 Å². The van der Waals surface area contributed by atoms with Crippen molar-refractivity contribution in [3.63, 3.8) is 0 Å². The number of aromatic nitrogens is 4. The number of aromatic amines is 1. The number of hydrogen-bond acceptors (Lipinski definition) is 6. The maximum absolute atomic E-state index is 12.4. The summed E-state index contributed by atoms with van der Waals surface area (Å²) in [5.41, 5.74) is 0.703. The number of anilines is 2. The molecule has 4 rings (SSSR count). The highest BCUT2D eigenvalue weighted by Crippen LogP contribution is 2.31. The summed E-state index contributed by atoms with van der Waals surface area (Å²) < 4.78 is 0. The second-order valence-electron chi connectivity index (χ2n) is 5.86. The molecule has 1 unspecified atom stereocenters. The van der Waals surface area contributed by atoms with E-state index in [-0.39, 0.29) is 11.8 Å². The van der Waals surface area contributed by atoms with Gasteiger partial charge in [0.05, 0.1) is 23.2 Å². The Balaban J connectivity index is 1.54. The lowest BCUT2D eigenvalue weighted by molar-refractivity contribution is -0.119. The van der Waals surface area contributed by atoms with E-state index >= 15 is 0 Å². The van der Waals surface area contributed by atoms with Crippen molar-refractivity contribution in [1.82, 2.24) is 20.2 Å². The summed E-state index contributed by atoms with van der Waals surface area (Å²) in [4.78, 5) is 24.9. The lowest BCUT2D eigenvalue weighted by Crippen LogP contribution is -2.27. The van der Waals surface area contributed by atoms with Gasteiger partial charge in [0.2, 0.25) is 5.91 Å².